The Bertz CT molecular complexity index is 884. The summed E-state index contributed by atoms with van der Waals surface area (Å²) in [6, 6.07) is 15.3. The molecule has 2 aromatic rings. The van der Waals surface area contributed by atoms with Crippen LogP contribution < -0.4 is 10.6 Å². The van der Waals surface area contributed by atoms with Gasteiger partial charge in [-0.15, -0.1) is 0 Å². The van der Waals surface area contributed by atoms with Crippen LogP contribution >= 0.6 is 0 Å². The van der Waals surface area contributed by atoms with Crippen LogP contribution in [0.3, 0.4) is 0 Å². The summed E-state index contributed by atoms with van der Waals surface area (Å²) < 4.78 is 4.77. The maximum absolute atomic E-state index is 12.1. The molecule has 0 saturated heterocycles. The lowest BCUT2D eigenvalue weighted by molar-refractivity contribution is -0.147. The molecule has 0 atom stereocenters. The molecule has 0 spiro atoms. The SMILES string of the molecule is CC(C)(C)c1ccc(C(=O)NC(=O)COC(=O)CNC(=O)c2ccccc2)cc1. The van der Waals surface area contributed by atoms with E-state index in [1.54, 1.807) is 42.5 Å². The van der Waals surface area contributed by atoms with Crippen LogP contribution in [-0.2, 0) is 19.7 Å². The van der Waals surface area contributed by atoms with Crippen molar-refractivity contribution < 1.29 is 23.9 Å². The average molecular weight is 396 g/mol. The van der Waals surface area contributed by atoms with Gasteiger partial charge in [0.05, 0.1) is 0 Å². The van der Waals surface area contributed by atoms with Gasteiger partial charge in [0, 0.05) is 11.1 Å². The van der Waals surface area contributed by atoms with E-state index >= 15 is 0 Å². The first-order valence-corrected chi connectivity index (χ1v) is 9.10. The van der Waals surface area contributed by atoms with Gasteiger partial charge in [-0.2, -0.15) is 0 Å². The summed E-state index contributed by atoms with van der Waals surface area (Å²) in [5.41, 5.74) is 1.75. The molecule has 152 valence electrons. The minimum atomic E-state index is -0.786. The van der Waals surface area contributed by atoms with E-state index in [1.165, 1.54) is 0 Å². The summed E-state index contributed by atoms with van der Waals surface area (Å²) in [4.78, 5) is 47.4. The van der Waals surface area contributed by atoms with Crippen molar-refractivity contribution in [3.8, 4) is 0 Å². The van der Waals surface area contributed by atoms with E-state index in [-0.39, 0.29) is 12.0 Å². The normalized spacial score (nSPS) is 10.7. The van der Waals surface area contributed by atoms with Gasteiger partial charge in [0.1, 0.15) is 6.54 Å². The molecule has 0 heterocycles. The van der Waals surface area contributed by atoms with Crippen molar-refractivity contribution in [3.63, 3.8) is 0 Å². The molecule has 0 fully saturated rings. The smallest absolute Gasteiger partial charge is 0.325 e. The van der Waals surface area contributed by atoms with Crippen molar-refractivity contribution in [2.45, 2.75) is 26.2 Å². The number of carbonyl (C=O) groups excluding carboxylic acids is 4. The first-order valence-electron chi connectivity index (χ1n) is 9.10. The number of carbonyl (C=O) groups is 4. The van der Waals surface area contributed by atoms with E-state index in [0.717, 1.165) is 5.56 Å². The molecule has 2 N–H and O–H groups in total. The Balaban J connectivity index is 1.75. The second-order valence-electron chi connectivity index (χ2n) is 7.41. The van der Waals surface area contributed by atoms with Crippen molar-refractivity contribution in [2.75, 3.05) is 13.2 Å². The fourth-order valence-corrected chi connectivity index (χ4v) is 2.40. The molecule has 0 bridgehead atoms. The van der Waals surface area contributed by atoms with Crippen LogP contribution in [0.5, 0.6) is 0 Å². The van der Waals surface area contributed by atoms with Crippen LogP contribution in [0.1, 0.15) is 47.1 Å². The second kappa shape index (κ2) is 9.64. The molecule has 0 aliphatic rings. The van der Waals surface area contributed by atoms with Gasteiger partial charge < -0.3 is 10.1 Å². The van der Waals surface area contributed by atoms with Gasteiger partial charge >= 0.3 is 5.97 Å². The van der Waals surface area contributed by atoms with Gasteiger partial charge in [-0.1, -0.05) is 51.1 Å². The number of amides is 3. The van der Waals surface area contributed by atoms with Crippen molar-refractivity contribution in [3.05, 3.63) is 71.3 Å². The molecule has 2 aromatic carbocycles. The van der Waals surface area contributed by atoms with E-state index < -0.39 is 30.3 Å². The molecule has 0 aromatic heterocycles. The summed E-state index contributed by atoms with van der Waals surface area (Å²) in [5, 5.41) is 4.55. The van der Waals surface area contributed by atoms with Gasteiger partial charge in [0.25, 0.3) is 17.7 Å². The first kappa shape index (κ1) is 21.8. The Morgan fingerprint density at radius 1 is 0.828 bits per heavy atom. The average Bonchev–Trinajstić information content (AvgIpc) is 2.70. The predicted octanol–water partition coefficient (Wildman–Crippen LogP) is 2.21. The fourth-order valence-electron chi connectivity index (χ4n) is 2.40. The van der Waals surface area contributed by atoms with Crippen LogP contribution in [0.15, 0.2) is 54.6 Å². The highest BCUT2D eigenvalue weighted by Crippen LogP contribution is 2.22. The number of hydrogen-bond acceptors (Lipinski definition) is 5. The topological polar surface area (TPSA) is 102 Å². The van der Waals surface area contributed by atoms with E-state index in [1.807, 2.05) is 12.1 Å². The van der Waals surface area contributed by atoms with E-state index in [4.69, 9.17) is 4.74 Å². The zero-order valence-corrected chi connectivity index (χ0v) is 16.7. The first-order chi connectivity index (χ1) is 13.7. The summed E-state index contributed by atoms with van der Waals surface area (Å²) in [5.74, 6) is -2.55. The number of esters is 1. The molecule has 7 heteroatoms. The quantitative estimate of drug-likeness (QED) is 0.729. The van der Waals surface area contributed by atoms with Crippen LogP contribution in [0.4, 0.5) is 0 Å². The number of nitrogens with one attached hydrogen (secondary N) is 2. The van der Waals surface area contributed by atoms with Crippen LogP contribution in [0, 0.1) is 0 Å². The number of benzene rings is 2. The maximum atomic E-state index is 12.1. The highest BCUT2D eigenvalue weighted by atomic mass is 16.5. The van der Waals surface area contributed by atoms with Crippen LogP contribution in [0.2, 0.25) is 0 Å². The summed E-state index contributed by atoms with van der Waals surface area (Å²) in [6.45, 7) is 5.17. The Hall–Kier alpha value is -3.48. The number of hydrogen-bond donors (Lipinski definition) is 2. The van der Waals surface area contributed by atoms with Crippen molar-refractivity contribution in [2.24, 2.45) is 0 Å². The second-order valence-corrected chi connectivity index (χ2v) is 7.41. The molecule has 7 nitrogen and oxygen atoms in total. The number of ether oxygens (including phenoxy) is 1. The van der Waals surface area contributed by atoms with Crippen LogP contribution in [-0.4, -0.2) is 36.8 Å². The third-order valence-electron chi connectivity index (χ3n) is 4.06. The van der Waals surface area contributed by atoms with Crippen molar-refractivity contribution >= 4 is 23.7 Å². The Labute approximate surface area is 169 Å². The summed E-state index contributed by atoms with van der Waals surface area (Å²) in [7, 11) is 0. The molecule has 3 amide bonds. The largest absolute Gasteiger partial charge is 0.454 e. The van der Waals surface area contributed by atoms with E-state index in [0.29, 0.717) is 11.1 Å². The van der Waals surface area contributed by atoms with E-state index in [2.05, 4.69) is 31.4 Å². The monoisotopic (exact) mass is 396 g/mol. The number of imide groups is 1. The lowest BCUT2D eigenvalue weighted by Gasteiger charge is -2.19. The molecule has 0 radical (unpaired) electrons. The Morgan fingerprint density at radius 3 is 2.00 bits per heavy atom. The van der Waals surface area contributed by atoms with Crippen molar-refractivity contribution in [1.82, 2.24) is 10.6 Å². The standard InChI is InChI=1S/C22H24N2O5/c1-22(2,3)17-11-9-16(10-12-17)21(28)24-18(25)14-29-19(26)13-23-20(27)15-7-5-4-6-8-15/h4-12H,13-14H2,1-3H3,(H,23,27)(H,24,25,28). The van der Waals surface area contributed by atoms with Gasteiger partial charge in [-0.25, -0.2) is 0 Å². The zero-order chi connectivity index (χ0) is 21.4. The minimum Gasteiger partial charge on any atom is -0.454 e. The summed E-state index contributed by atoms with van der Waals surface area (Å²) in [6.07, 6.45) is 0. The zero-order valence-electron chi connectivity index (χ0n) is 16.7. The third kappa shape index (κ3) is 6.88. The highest BCUT2D eigenvalue weighted by molar-refractivity contribution is 6.05. The Kier molecular flexibility index (Phi) is 7.25. The van der Waals surface area contributed by atoms with Crippen LogP contribution in [0.25, 0.3) is 0 Å². The molecule has 0 aliphatic carbocycles. The predicted molar refractivity (Wildman–Crippen MR) is 107 cm³/mol. The molecule has 0 unspecified atom stereocenters. The van der Waals surface area contributed by atoms with Gasteiger partial charge in [-0.3, -0.25) is 24.5 Å². The fraction of sp³-hybridized carbons (Fsp3) is 0.273. The van der Waals surface area contributed by atoms with Gasteiger partial charge in [0.15, 0.2) is 6.61 Å². The van der Waals surface area contributed by atoms with Gasteiger partial charge in [-0.05, 0) is 35.2 Å². The molecular formula is C22H24N2O5. The van der Waals surface area contributed by atoms with Crippen molar-refractivity contribution in [1.29, 1.82) is 0 Å². The third-order valence-corrected chi connectivity index (χ3v) is 4.06. The lowest BCUT2D eigenvalue weighted by atomic mass is 9.87. The molecule has 0 aliphatic heterocycles. The minimum absolute atomic E-state index is 0.0467. The lowest BCUT2D eigenvalue weighted by Crippen LogP contribution is -2.36. The van der Waals surface area contributed by atoms with Gasteiger partial charge in [0.2, 0.25) is 0 Å². The molecule has 29 heavy (non-hydrogen) atoms. The maximum Gasteiger partial charge on any atom is 0.325 e. The highest BCUT2D eigenvalue weighted by Gasteiger charge is 2.16. The molecular weight excluding hydrogens is 372 g/mol. The van der Waals surface area contributed by atoms with E-state index in [9.17, 15) is 19.2 Å². The Morgan fingerprint density at radius 2 is 1.41 bits per heavy atom. The summed E-state index contributed by atoms with van der Waals surface area (Å²) >= 11 is 0. The number of rotatable bonds is 6. The molecule has 2 rings (SSSR count). The molecule has 0 saturated carbocycles.